The van der Waals surface area contributed by atoms with Crippen molar-refractivity contribution in [1.29, 1.82) is 0 Å². The zero-order valence-electron chi connectivity index (χ0n) is 18.1. The minimum absolute atomic E-state index is 0.205. The van der Waals surface area contributed by atoms with Crippen molar-refractivity contribution in [3.8, 4) is 0 Å². The smallest absolute Gasteiger partial charge is 0.325 e. The van der Waals surface area contributed by atoms with Crippen molar-refractivity contribution in [2.75, 3.05) is 6.54 Å². The summed E-state index contributed by atoms with van der Waals surface area (Å²) in [4.78, 5) is 51.1. The van der Waals surface area contributed by atoms with Crippen LogP contribution in [0.3, 0.4) is 0 Å². The van der Waals surface area contributed by atoms with Crippen LogP contribution in [0.25, 0.3) is 10.8 Å². The number of fused-ring (bicyclic) bond motifs is 1. The monoisotopic (exact) mass is 444 g/mol. The van der Waals surface area contributed by atoms with E-state index in [1.54, 1.807) is 13.0 Å². The number of nitrogens with two attached hydrogens (primary N) is 1. The number of hydrogen-bond acceptors (Lipinski definition) is 4. The van der Waals surface area contributed by atoms with E-state index in [1.807, 2.05) is 66.7 Å². The van der Waals surface area contributed by atoms with Crippen LogP contribution in [-0.2, 0) is 26.3 Å². The summed E-state index contributed by atoms with van der Waals surface area (Å²) in [6, 6.07) is 20.7. The molecule has 2 atom stereocenters. The lowest BCUT2D eigenvalue weighted by atomic mass is 9.90. The lowest BCUT2D eigenvalue weighted by Crippen LogP contribution is -2.50. The van der Waals surface area contributed by atoms with Gasteiger partial charge in [0.1, 0.15) is 18.1 Å². The molecule has 33 heavy (non-hydrogen) atoms. The second-order valence-electron chi connectivity index (χ2n) is 8.22. The fraction of sp³-hybridized carbons (Fsp3) is 0.200. The van der Waals surface area contributed by atoms with Crippen LogP contribution in [0.2, 0.25) is 0 Å². The molecular formula is C25H24N4O4. The molecule has 1 saturated heterocycles. The quantitative estimate of drug-likeness (QED) is 0.481. The Labute approximate surface area is 190 Å². The van der Waals surface area contributed by atoms with E-state index in [4.69, 9.17) is 5.73 Å². The average Bonchev–Trinajstić information content (AvgIpc) is 3.02. The van der Waals surface area contributed by atoms with Gasteiger partial charge >= 0.3 is 6.03 Å². The van der Waals surface area contributed by atoms with Crippen LogP contribution in [0.15, 0.2) is 72.8 Å². The average molecular weight is 444 g/mol. The van der Waals surface area contributed by atoms with Crippen molar-refractivity contribution in [3.05, 3.63) is 83.9 Å². The third-order valence-corrected chi connectivity index (χ3v) is 5.86. The van der Waals surface area contributed by atoms with Crippen LogP contribution in [0.4, 0.5) is 4.79 Å². The molecule has 0 spiro atoms. The number of rotatable bonds is 7. The number of hydrogen-bond donors (Lipinski definition) is 3. The van der Waals surface area contributed by atoms with Crippen molar-refractivity contribution in [1.82, 2.24) is 15.5 Å². The summed E-state index contributed by atoms with van der Waals surface area (Å²) in [7, 11) is 0. The third kappa shape index (κ3) is 4.41. The highest BCUT2D eigenvalue weighted by molar-refractivity contribution is 6.09. The number of amides is 5. The third-order valence-electron chi connectivity index (χ3n) is 5.86. The van der Waals surface area contributed by atoms with Gasteiger partial charge in [-0.3, -0.25) is 19.3 Å². The second-order valence-corrected chi connectivity index (χ2v) is 8.22. The summed E-state index contributed by atoms with van der Waals surface area (Å²) in [6.07, 6.45) is 0.205. The predicted molar refractivity (Wildman–Crippen MR) is 123 cm³/mol. The van der Waals surface area contributed by atoms with Crippen LogP contribution in [0, 0.1) is 0 Å². The molecule has 8 nitrogen and oxygen atoms in total. The molecule has 1 heterocycles. The number of nitrogens with zero attached hydrogens (tertiary/aromatic N) is 1. The summed E-state index contributed by atoms with van der Waals surface area (Å²) in [5, 5.41) is 7.17. The Bertz CT molecular complexity index is 1240. The molecule has 0 aromatic heterocycles. The molecule has 4 rings (SSSR count). The molecular weight excluding hydrogens is 420 g/mol. The van der Waals surface area contributed by atoms with E-state index >= 15 is 0 Å². The first-order valence-corrected chi connectivity index (χ1v) is 10.5. The number of carbonyl (C=O) groups is 4. The topological polar surface area (TPSA) is 122 Å². The van der Waals surface area contributed by atoms with Gasteiger partial charge in [-0.15, -0.1) is 0 Å². The first-order valence-electron chi connectivity index (χ1n) is 10.5. The predicted octanol–water partition coefficient (Wildman–Crippen LogP) is 1.82. The van der Waals surface area contributed by atoms with Crippen LogP contribution in [0.5, 0.6) is 0 Å². The number of nitrogens with one attached hydrogen (secondary N) is 2. The summed E-state index contributed by atoms with van der Waals surface area (Å²) >= 11 is 0. The molecule has 0 saturated carbocycles. The molecule has 0 unspecified atom stereocenters. The molecule has 1 fully saturated rings. The van der Waals surface area contributed by atoms with Crippen molar-refractivity contribution >= 4 is 34.5 Å². The van der Waals surface area contributed by atoms with Gasteiger partial charge in [-0.05, 0) is 34.9 Å². The Morgan fingerprint density at radius 3 is 2.36 bits per heavy atom. The number of imide groups is 1. The van der Waals surface area contributed by atoms with Crippen molar-refractivity contribution in [2.45, 2.75) is 24.9 Å². The Morgan fingerprint density at radius 1 is 1.00 bits per heavy atom. The molecule has 8 heteroatoms. The van der Waals surface area contributed by atoms with E-state index in [0.29, 0.717) is 5.56 Å². The van der Waals surface area contributed by atoms with Crippen LogP contribution >= 0.6 is 0 Å². The molecule has 0 bridgehead atoms. The molecule has 3 aromatic rings. The van der Waals surface area contributed by atoms with E-state index in [9.17, 15) is 19.2 Å². The minimum atomic E-state index is -1.31. The highest BCUT2D eigenvalue weighted by atomic mass is 16.2. The van der Waals surface area contributed by atoms with Gasteiger partial charge in [-0.1, -0.05) is 66.7 Å². The maximum atomic E-state index is 13.2. The second kappa shape index (κ2) is 8.74. The van der Waals surface area contributed by atoms with Gasteiger partial charge in [0, 0.05) is 6.42 Å². The number of urea groups is 1. The van der Waals surface area contributed by atoms with Gasteiger partial charge in [-0.2, -0.15) is 0 Å². The zero-order valence-corrected chi connectivity index (χ0v) is 18.1. The van der Waals surface area contributed by atoms with Crippen molar-refractivity contribution in [3.63, 3.8) is 0 Å². The van der Waals surface area contributed by atoms with E-state index in [2.05, 4.69) is 10.6 Å². The fourth-order valence-electron chi connectivity index (χ4n) is 3.99. The van der Waals surface area contributed by atoms with Crippen LogP contribution in [0.1, 0.15) is 18.1 Å². The van der Waals surface area contributed by atoms with Gasteiger partial charge in [0.2, 0.25) is 11.8 Å². The van der Waals surface area contributed by atoms with Gasteiger partial charge in [0.05, 0.1) is 0 Å². The molecule has 5 amide bonds. The highest BCUT2D eigenvalue weighted by Crippen LogP contribution is 2.30. The number of benzene rings is 3. The molecule has 0 aliphatic carbocycles. The van der Waals surface area contributed by atoms with Gasteiger partial charge in [0.15, 0.2) is 0 Å². The summed E-state index contributed by atoms with van der Waals surface area (Å²) in [5.74, 6) is -1.90. The SMILES string of the molecule is C[C@]1(c2ccc3ccccc3c2)NC(=O)N(CC(=O)N[C@H](Cc2ccccc2)C(N)=O)C1=O. The first kappa shape index (κ1) is 22.0. The van der Waals surface area contributed by atoms with E-state index < -0.39 is 41.9 Å². The lowest BCUT2D eigenvalue weighted by molar-refractivity contribution is -0.135. The summed E-state index contributed by atoms with van der Waals surface area (Å²) in [5.41, 5.74) is 5.57. The van der Waals surface area contributed by atoms with Crippen molar-refractivity contribution in [2.24, 2.45) is 5.73 Å². The maximum Gasteiger partial charge on any atom is 0.325 e. The van der Waals surface area contributed by atoms with Crippen LogP contribution in [-0.4, -0.2) is 41.2 Å². The molecule has 168 valence electrons. The van der Waals surface area contributed by atoms with E-state index in [-0.39, 0.29) is 6.42 Å². The molecule has 1 aliphatic rings. The Hall–Kier alpha value is -4.20. The van der Waals surface area contributed by atoms with Crippen molar-refractivity contribution < 1.29 is 19.2 Å². The Kier molecular flexibility index (Phi) is 5.83. The van der Waals surface area contributed by atoms with Gasteiger partial charge in [0.25, 0.3) is 5.91 Å². The fourth-order valence-corrected chi connectivity index (χ4v) is 3.99. The highest BCUT2D eigenvalue weighted by Gasteiger charge is 2.49. The molecule has 1 aliphatic heterocycles. The van der Waals surface area contributed by atoms with Gasteiger partial charge < -0.3 is 16.4 Å². The Morgan fingerprint density at radius 2 is 1.67 bits per heavy atom. The molecule has 0 radical (unpaired) electrons. The minimum Gasteiger partial charge on any atom is -0.368 e. The number of carbonyl (C=O) groups excluding carboxylic acids is 4. The molecule has 3 aromatic carbocycles. The maximum absolute atomic E-state index is 13.2. The standard InChI is InChI=1S/C25H24N4O4/c1-25(19-12-11-17-9-5-6-10-18(17)14-19)23(32)29(24(33)28-25)15-21(30)27-20(22(26)31)13-16-7-3-2-4-8-16/h2-12,14,20H,13,15H2,1H3,(H2,26,31)(H,27,30)(H,28,33)/t20-,25-/m1/s1. The van der Waals surface area contributed by atoms with Crippen LogP contribution < -0.4 is 16.4 Å². The molecule has 4 N–H and O–H groups in total. The Balaban J connectivity index is 1.48. The lowest BCUT2D eigenvalue weighted by Gasteiger charge is -2.23. The summed E-state index contributed by atoms with van der Waals surface area (Å²) < 4.78 is 0. The van der Waals surface area contributed by atoms with E-state index in [1.165, 1.54) is 0 Å². The summed E-state index contributed by atoms with van der Waals surface area (Å²) in [6.45, 7) is 1.09. The zero-order chi connectivity index (χ0) is 23.6. The normalized spacial score (nSPS) is 18.8. The first-order chi connectivity index (χ1) is 15.8. The number of primary amides is 1. The largest absolute Gasteiger partial charge is 0.368 e. The van der Waals surface area contributed by atoms with E-state index in [0.717, 1.165) is 21.2 Å². The van der Waals surface area contributed by atoms with Gasteiger partial charge in [-0.25, -0.2) is 4.79 Å².